The molecule has 0 saturated carbocycles. The van der Waals surface area contributed by atoms with Crippen LogP contribution in [0.4, 0.5) is 5.95 Å². The highest BCUT2D eigenvalue weighted by atomic mass is 16.3. The van der Waals surface area contributed by atoms with Gasteiger partial charge in [-0.25, -0.2) is 0 Å². The minimum absolute atomic E-state index is 0.641. The van der Waals surface area contributed by atoms with E-state index in [-0.39, 0.29) is 0 Å². The van der Waals surface area contributed by atoms with Crippen molar-refractivity contribution in [2.24, 2.45) is 11.7 Å². The molecule has 108 valence electrons. The smallest absolute Gasteiger partial charge is 0.245 e. The molecule has 3 heterocycles. The molecule has 1 aliphatic heterocycles. The third-order valence-electron chi connectivity index (χ3n) is 3.95. The maximum absolute atomic E-state index is 5.71. The van der Waals surface area contributed by atoms with Crippen molar-refractivity contribution in [1.29, 1.82) is 0 Å². The van der Waals surface area contributed by atoms with E-state index in [1.54, 1.807) is 0 Å². The summed E-state index contributed by atoms with van der Waals surface area (Å²) in [4.78, 5) is 6.74. The van der Waals surface area contributed by atoms with Crippen LogP contribution in [0.5, 0.6) is 0 Å². The van der Waals surface area contributed by atoms with E-state index in [1.165, 1.54) is 0 Å². The average Bonchev–Trinajstić information content (AvgIpc) is 3.16. The van der Waals surface area contributed by atoms with Crippen molar-refractivity contribution in [2.45, 2.75) is 26.2 Å². The largest absolute Gasteiger partial charge is 0.458 e. The van der Waals surface area contributed by atoms with E-state index in [9.17, 15) is 0 Å². The molecule has 0 unspecified atom stereocenters. The zero-order chi connectivity index (χ0) is 13.9. The van der Waals surface area contributed by atoms with E-state index in [1.807, 2.05) is 12.1 Å². The second kappa shape index (κ2) is 5.66. The molecule has 20 heavy (non-hydrogen) atoms. The molecule has 0 aliphatic carbocycles. The first kappa shape index (κ1) is 13.2. The van der Waals surface area contributed by atoms with Crippen molar-refractivity contribution in [3.05, 3.63) is 17.9 Å². The third kappa shape index (κ3) is 2.56. The molecule has 1 aliphatic rings. The predicted octanol–water partition coefficient (Wildman–Crippen LogP) is 1.80. The Bertz CT molecular complexity index is 553. The van der Waals surface area contributed by atoms with E-state index in [0.29, 0.717) is 11.7 Å². The molecule has 1 saturated heterocycles. The number of piperidine rings is 1. The molecule has 2 aromatic heterocycles. The van der Waals surface area contributed by atoms with Gasteiger partial charge in [-0.3, -0.25) is 5.10 Å². The van der Waals surface area contributed by atoms with Crippen LogP contribution in [0.15, 0.2) is 16.5 Å². The normalized spacial score (nSPS) is 16.8. The molecule has 0 atom stereocenters. The van der Waals surface area contributed by atoms with Gasteiger partial charge < -0.3 is 15.1 Å². The Labute approximate surface area is 118 Å². The third-order valence-corrected chi connectivity index (χ3v) is 3.95. The number of aromatic nitrogens is 3. The summed E-state index contributed by atoms with van der Waals surface area (Å²) in [6.07, 6.45) is 3.11. The zero-order valence-electron chi connectivity index (χ0n) is 11.8. The van der Waals surface area contributed by atoms with Gasteiger partial charge in [0.25, 0.3) is 0 Å². The number of nitrogens with two attached hydrogens (primary N) is 1. The Morgan fingerprint density at radius 2 is 2.20 bits per heavy atom. The molecule has 3 N–H and O–H groups in total. The Hall–Kier alpha value is -1.82. The molecule has 0 amide bonds. The number of furan rings is 1. The van der Waals surface area contributed by atoms with Gasteiger partial charge in [-0.2, -0.15) is 4.98 Å². The minimum atomic E-state index is 0.641. The maximum atomic E-state index is 5.71. The Kier molecular flexibility index (Phi) is 3.73. The SMILES string of the molecule is CCc1ccc(-c2nc(N3CCC(CN)CC3)n[nH]2)o1. The molecular weight excluding hydrogens is 254 g/mol. The number of rotatable bonds is 4. The molecule has 0 bridgehead atoms. The van der Waals surface area contributed by atoms with Crippen LogP contribution in [-0.2, 0) is 6.42 Å². The second-order valence-corrected chi connectivity index (χ2v) is 5.27. The summed E-state index contributed by atoms with van der Waals surface area (Å²) in [5, 5.41) is 7.26. The summed E-state index contributed by atoms with van der Waals surface area (Å²) in [5.41, 5.74) is 5.71. The van der Waals surface area contributed by atoms with Crippen LogP contribution in [0.1, 0.15) is 25.5 Å². The topological polar surface area (TPSA) is 84.0 Å². The predicted molar refractivity (Wildman–Crippen MR) is 77.5 cm³/mol. The number of H-pyrrole nitrogens is 1. The second-order valence-electron chi connectivity index (χ2n) is 5.27. The molecule has 3 rings (SSSR count). The van der Waals surface area contributed by atoms with Crippen LogP contribution < -0.4 is 10.6 Å². The van der Waals surface area contributed by atoms with Gasteiger partial charge in [-0.1, -0.05) is 6.92 Å². The number of aryl methyl sites for hydroxylation is 1. The van der Waals surface area contributed by atoms with Gasteiger partial charge in [0.2, 0.25) is 5.95 Å². The van der Waals surface area contributed by atoms with E-state index in [4.69, 9.17) is 10.2 Å². The highest BCUT2D eigenvalue weighted by Gasteiger charge is 2.21. The number of hydrogen-bond acceptors (Lipinski definition) is 5. The van der Waals surface area contributed by atoms with Crippen molar-refractivity contribution < 1.29 is 4.42 Å². The van der Waals surface area contributed by atoms with E-state index in [0.717, 1.165) is 56.4 Å². The van der Waals surface area contributed by atoms with Crippen LogP contribution in [0.3, 0.4) is 0 Å². The summed E-state index contributed by atoms with van der Waals surface area (Å²) >= 11 is 0. The Morgan fingerprint density at radius 1 is 1.40 bits per heavy atom. The van der Waals surface area contributed by atoms with Crippen LogP contribution in [0.2, 0.25) is 0 Å². The van der Waals surface area contributed by atoms with Gasteiger partial charge >= 0.3 is 0 Å². The molecule has 1 fully saturated rings. The van der Waals surface area contributed by atoms with Crippen molar-refractivity contribution >= 4 is 5.95 Å². The fourth-order valence-electron chi connectivity index (χ4n) is 2.57. The number of aromatic amines is 1. The van der Waals surface area contributed by atoms with Gasteiger partial charge in [0.15, 0.2) is 11.6 Å². The molecule has 6 nitrogen and oxygen atoms in total. The van der Waals surface area contributed by atoms with Gasteiger partial charge in [0.05, 0.1) is 0 Å². The summed E-state index contributed by atoms with van der Waals surface area (Å²) in [6, 6.07) is 3.91. The van der Waals surface area contributed by atoms with Gasteiger partial charge in [-0.15, -0.1) is 5.10 Å². The highest BCUT2D eigenvalue weighted by molar-refractivity contribution is 5.49. The quantitative estimate of drug-likeness (QED) is 0.889. The first-order chi connectivity index (χ1) is 9.80. The highest BCUT2D eigenvalue weighted by Crippen LogP contribution is 2.23. The summed E-state index contributed by atoms with van der Waals surface area (Å²) in [5.74, 6) is 3.80. The fourth-order valence-corrected chi connectivity index (χ4v) is 2.57. The molecule has 6 heteroatoms. The van der Waals surface area contributed by atoms with Gasteiger partial charge in [-0.05, 0) is 37.4 Å². The standard InChI is InChI=1S/C14H21N5O/c1-2-11-3-4-12(20-11)13-16-14(18-17-13)19-7-5-10(9-15)6-8-19/h3-4,10H,2,5-9,15H2,1H3,(H,16,17,18). The lowest BCUT2D eigenvalue weighted by Crippen LogP contribution is -2.36. The summed E-state index contributed by atoms with van der Waals surface area (Å²) in [7, 11) is 0. The lowest BCUT2D eigenvalue weighted by atomic mass is 9.97. The molecular formula is C14H21N5O. The Balaban J connectivity index is 1.70. The van der Waals surface area contributed by atoms with Crippen LogP contribution in [0.25, 0.3) is 11.6 Å². The monoisotopic (exact) mass is 275 g/mol. The molecule has 0 aromatic carbocycles. The summed E-state index contributed by atoms with van der Waals surface area (Å²) < 4.78 is 5.69. The van der Waals surface area contributed by atoms with E-state index >= 15 is 0 Å². The van der Waals surface area contributed by atoms with E-state index < -0.39 is 0 Å². The molecule has 0 spiro atoms. The van der Waals surface area contributed by atoms with Crippen LogP contribution in [0, 0.1) is 5.92 Å². The number of nitrogens with zero attached hydrogens (tertiary/aromatic N) is 3. The average molecular weight is 275 g/mol. The molecule has 2 aromatic rings. The molecule has 0 radical (unpaired) electrons. The number of anilines is 1. The summed E-state index contributed by atoms with van der Waals surface area (Å²) in [6.45, 7) is 4.78. The van der Waals surface area contributed by atoms with Crippen LogP contribution in [-0.4, -0.2) is 34.8 Å². The lowest BCUT2D eigenvalue weighted by molar-refractivity contribution is 0.411. The van der Waals surface area contributed by atoms with Gasteiger partial charge in [0.1, 0.15) is 5.76 Å². The first-order valence-electron chi connectivity index (χ1n) is 7.26. The van der Waals surface area contributed by atoms with Crippen LogP contribution >= 0.6 is 0 Å². The van der Waals surface area contributed by atoms with Crippen molar-refractivity contribution in [2.75, 3.05) is 24.5 Å². The Morgan fingerprint density at radius 3 is 2.85 bits per heavy atom. The van der Waals surface area contributed by atoms with Crippen molar-refractivity contribution in [3.8, 4) is 11.6 Å². The lowest BCUT2D eigenvalue weighted by Gasteiger charge is -2.30. The van der Waals surface area contributed by atoms with Gasteiger partial charge in [0, 0.05) is 19.5 Å². The van der Waals surface area contributed by atoms with Crippen molar-refractivity contribution in [1.82, 2.24) is 15.2 Å². The van der Waals surface area contributed by atoms with Crippen molar-refractivity contribution in [3.63, 3.8) is 0 Å². The number of hydrogen-bond donors (Lipinski definition) is 2. The maximum Gasteiger partial charge on any atom is 0.245 e. The zero-order valence-corrected chi connectivity index (χ0v) is 11.8. The van der Waals surface area contributed by atoms with E-state index in [2.05, 4.69) is 27.0 Å². The minimum Gasteiger partial charge on any atom is -0.458 e. The first-order valence-corrected chi connectivity index (χ1v) is 7.26. The number of nitrogens with one attached hydrogen (secondary N) is 1. The fraction of sp³-hybridized carbons (Fsp3) is 0.571.